The third-order valence-electron chi connectivity index (χ3n) is 4.10. The van der Waals surface area contributed by atoms with Crippen LogP contribution in [0.15, 0.2) is 36.2 Å². The van der Waals surface area contributed by atoms with Gasteiger partial charge in [-0.3, -0.25) is 9.48 Å². The second kappa shape index (κ2) is 6.34. The lowest BCUT2D eigenvalue weighted by molar-refractivity contribution is -0.133. The summed E-state index contributed by atoms with van der Waals surface area (Å²) in [5.41, 5.74) is 1.99. The highest BCUT2D eigenvalue weighted by atomic mass is 19.1. The molecule has 6 heteroatoms. The molecular weight excluding hydrogens is 283 g/mol. The third-order valence-corrected chi connectivity index (χ3v) is 4.10. The Morgan fingerprint density at radius 2 is 2.14 bits per heavy atom. The molecule has 1 fully saturated rings. The molecule has 2 aliphatic rings. The summed E-state index contributed by atoms with van der Waals surface area (Å²) in [7, 11) is 0. The van der Waals surface area contributed by atoms with E-state index in [1.165, 1.54) is 0 Å². The van der Waals surface area contributed by atoms with Crippen molar-refractivity contribution in [3.63, 3.8) is 0 Å². The molecule has 2 heterocycles. The van der Waals surface area contributed by atoms with Gasteiger partial charge in [0.15, 0.2) is 0 Å². The summed E-state index contributed by atoms with van der Waals surface area (Å²) in [5.74, 6) is 0.0970. The van der Waals surface area contributed by atoms with E-state index < -0.39 is 6.17 Å². The van der Waals surface area contributed by atoms with Crippen LogP contribution in [-0.4, -0.2) is 57.8 Å². The van der Waals surface area contributed by atoms with Crippen molar-refractivity contribution in [3.8, 4) is 0 Å². The van der Waals surface area contributed by atoms with Crippen LogP contribution in [0.25, 0.3) is 0 Å². The number of hydrogen-bond acceptors (Lipinski definition) is 3. The molecule has 0 spiro atoms. The molecular formula is C16H21FN4O. The molecule has 0 radical (unpaired) electrons. The highest BCUT2D eigenvalue weighted by Gasteiger charge is 2.22. The second-order valence-corrected chi connectivity index (χ2v) is 5.76. The Morgan fingerprint density at radius 1 is 1.36 bits per heavy atom. The number of aromatic nitrogens is 2. The molecule has 0 saturated carbocycles. The van der Waals surface area contributed by atoms with E-state index in [0.717, 1.165) is 24.5 Å². The molecule has 3 rings (SSSR count). The molecule has 1 aromatic heterocycles. The van der Waals surface area contributed by atoms with Crippen LogP contribution in [0.3, 0.4) is 0 Å². The first-order valence-electron chi connectivity index (χ1n) is 7.67. The lowest BCUT2D eigenvalue weighted by Gasteiger charge is -2.37. The summed E-state index contributed by atoms with van der Waals surface area (Å²) < 4.78 is 14.8. The Kier molecular flexibility index (Phi) is 4.27. The minimum absolute atomic E-state index is 0.0970. The number of nitrogens with zero attached hydrogens (tertiary/aromatic N) is 4. The number of aryl methyl sites for hydroxylation is 1. The van der Waals surface area contributed by atoms with Crippen molar-refractivity contribution >= 4 is 5.91 Å². The smallest absolute Gasteiger partial charge is 0.244 e. The average molecular weight is 304 g/mol. The summed E-state index contributed by atoms with van der Waals surface area (Å²) in [6.45, 7) is 5.17. The van der Waals surface area contributed by atoms with Gasteiger partial charge in [0.2, 0.25) is 5.91 Å². The summed E-state index contributed by atoms with van der Waals surface area (Å²) in [6, 6.07) is 1.89. The number of piperazine rings is 1. The van der Waals surface area contributed by atoms with Crippen molar-refractivity contribution in [2.24, 2.45) is 0 Å². The van der Waals surface area contributed by atoms with Crippen LogP contribution in [0, 0.1) is 6.92 Å². The number of allylic oxidation sites excluding steroid dienone is 3. The van der Waals surface area contributed by atoms with E-state index in [-0.39, 0.29) is 5.91 Å². The average Bonchev–Trinajstić information content (AvgIpc) is 2.93. The number of alkyl halides is 1. The van der Waals surface area contributed by atoms with Crippen molar-refractivity contribution in [1.29, 1.82) is 0 Å². The van der Waals surface area contributed by atoms with Crippen LogP contribution in [0.1, 0.15) is 12.1 Å². The first-order valence-corrected chi connectivity index (χ1v) is 7.67. The lowest BCUT2D eigenvalue weighted by atomic mass is 10.1. The molecule has 0 N–H and O–H groups in total. The van der Waals surface area contributed by atoms with Crippen molar-refractivity contribution < 1.29 is 9.18 Å². The van der Waals surface area contributed by atoms with Crippen LogP contribution in [-0.2, 0) is 11.3 Å². The Bertz CT molecular complexity index is 599. The van der Waals surface area contributed by atoms with Crippen LogP contribution in [0.2, 0.25) is 0 Å². The molecule has 22 heavy (non-hydrogen) atoms. The number of carbonyl (C=O) groups excluding carboxylic acids is 1. The summed E-state index contributed by atoms with van der Waals surface area (Å²) >= 11 is 0. The molecule has 0 aromatic carbocycles. The van der Waals surface area contributed by atoms with E-state index in [4.69, 9.17) is 0 Å². The largest absolute Gasteiger partial charge is 0.368 e. The SMILES string of the molecule is Cc1ccn(CC(=O)N2CCN(C3=CCC(F)C=C3)CC2)n1. The maximum atomic E-state index is 13.1. The van der Waals surface area contributed by atoms with Crippen molar-refractivity contribution in [1.82, 2.24) is 19.6 Å². The van der Waals surface area contributed by atoms with E-state index in [2.05, 4.69) is 10.00 Å². The fraction of sp³-hybridized carbons (Fsp3) is 0.500. The Labute approximate surface area is 129 Å². The van der Waals surface area contributed by atoms with E-state index in [1.54, 1.807) is 10.8 Å². The van der Waals surface area contributed by atoms with Gasteiger partial charge in [0.05, 0.1) is 5.69 Å². The van der Waals surface area contributed by atoms with Gasteiger partial charge in [-0.15, -0.1) is 0 Å². The maximum Gasteiger partial charge on any atom is 0.244 e. The van der Waals surface area contributed by atoms with Crippen molar-refractivity contribution in [3.05, 3.63) is 41.9 Å². The van der Waals surface area contributed by atoms with Gasteiger partial charge in [0.1, 0.15) is 12.7 Å². The van der Waals surface area contributed by atoms with Crippen LogP contribution < -0.4 is 0 Å². The van der Waals surface area contributed by atoms with Gasteiger partial charge in [-0.05, 0) is 25.1 Å². The van der Waals surface area contributed by atoms with Gasteiger partial charge < -0.3 is 9.80 Å². The van der Waals surface area contributed by atoms with Gasteiger partial charge in [0, 0.05) is 44.5 Å². The molecule has 118 valence electrons. The fourth-order valence-electron chi connectivity index (χ4n) is 2.82. The molecule has 1 saturated heterocycles. The molecule has 1 unspecified atom stereocenters. The number of amides is 1. The van der Waals surface area contributed by atoms with E-state index in [1.807, 2.05) is 36.2 Å². The van der Waals surface area contributed by atoms with Gasteiger partial charge in [-0.25, -0.2) is 4.39 Å². The first-order chi connectivity index (χ1) is 10.6. The molecule has 1 aliphatic heterocycles. The summed E-state index contributed by atoms with van der Waals surface area (Å²) in [6.07, 6.45) is 6.81. The van der Waals surface area contributed by atoms with E-state index in [9.17, 15) is 9.18 Å². The topological polar surface area (TPSA) is 41.4 Å². The molecule has 1 atom stereocenters. The fourth-order valence-corrected chi connectivity index (χ4v) is 2.82. The number of halogens is 1. The highest BCUT2D eigenvalue weighted by Crippen LogP contribution is 2.18. The summed E-state index contributed by atoms with van der Waals surface area (Å²) in [5, 5.41) is 4.25. The maximum absolute atomic E-state index is 13.1. The van der Waals surface area contributed by atoms with Crippen molar-refractivity contribution in [2.45, 2.75) is 26.1 Å². The summed E-state index contributed by atoms with van der Waals surface area (Å²) in [4.78, 5) is 16.4. The first kappa shape index (κ1) is 14.8. The molecule has 1 aliphatic carbocycles. The minimum atomic E-state index is -0.857. The normalized spacial score (nSPS) is 21.9. The highest BCUT2D eigenvalue weighted by molar-refractivity contribution is 5.76. The lowest BCUT2D eigenvalue weighted by Crippen LogP contribution is -2.49. The standard InChI is InChI=1S/C16H21FN4O/c1-13-6-7-21(18-13)12-16(22)20-10-8-19(9-11-20)15-4-2-14(17)3-5-15/h2,4-7,14H,3,8-12H2,1H3. The zero-order chi connectivity index (χ0) is 15.5. The van der Waals surface area contributed by atoms with E-state index >= 15 is 0 Å². The number of carbonyl (C=O) groups is 1. The van der Waals surface area contributed by atoms with E-state index in [0.29, 0.717) is 26.1 Å². The Balaban J connectivity index is 1.51. The van der Waals surface area contributed by atoms with Gasteiger partial charge in [0.25, 0.3) is 0 Å². The predicted octanol–water partition coefficient (Wildman–Crippen LogP) is 1.52. The predicted molar refractivity (Wildman–Crippen MR) is 81.9 cm³/mol. The van der Waals surface area contributed by atoms with Crippen LogP contribution in [0.4, 0.5) is 4.39 Å². The quantitative estimate of drug-likeness (QED) is 0.850. The van der Waals surface area contributed by atoms with Gasteiger partial charge in [-0.2, -0.15) is 5.10 Å². The Hall–Kier alpha value is -2.11. The minimum Gasteiger partial charge on any atom is -0.368 e. The zero-order valence-corrected chi connectivity index (χ0v) is 12.8. The molecule has 1 aromatic rings. The van der Waals surface area contributed by atoms with Crippen LogP contribution >= 0.6 is 0 Å². The van der Waals surface area contributed by atoms with Crippen LogP contribution in [0.5, 0.6) is 0 Å². The molecule has 5 nitrogen and oxygen atoms in total. The van der Waals surface area contributed by atoms with Gasteiger partial charge >= 0.3 is 0 Å². The van der Waals surface area contributed by atoms with Crippen molar-refractivity contribution in [2.75, 3.05) is 26.2 Å². The third kappa shape index (κ3) is 3.37. The number of hydrogen-bond donors (Lipinski definition) is 0. The molecule has 1 amide bonds. The Morgan fingerprint density at radius 3 is 2.73 bits per heavy atom. The number of rotatable bonds is 3. The monoisotopic (exact) mass is 304 g/mol. The van der Waals surface area contributed by atoms with Gasteiger partial charge in [-0.1, -0.05) is 6.08 Å². The molecule has 0 bridgehead atoms. The zero-order valence-electron chi connectivity index (χ0n) is 12.8. The second-order valence-electron chi connectivity index (χ2n) is 5.76.